The zero-order valence-electron chi connectivity index (χ0n) is 17.6. The van der Waals surface area contributed by atoms with Crippen LogP contribution in [0.5, 0.6) is 0 Å². The number of carbonyl (C=O) groups excluding carboxylic acids is 1. The van der Waals surface area contributed by atoms with E-state index in [1.54, 1.807) is 0 Å². The third kappa shape index (κ3) is 4.59. The first kappa shape index (κ1) is 22.1. The Bertz CT molecular complexity index is 1060. The SMILES string of the molecule is CS(=O)(=O)N1CC2(CCN(C(=O)C[C@@H](N)Cc3ccc(Cl)cc3)CC2)c2ccccc21. The number of fused-ring (bicyclic) bond motifs is 2. The van der Waals surface area contributed by atoms with Crippen molar-refractivity contribution in [1.29, 1.82) is 0 Å². The lowest BCUT2D eigenvalue weighted by molar-refractivity contribution is -0.133. The van der Waals surface area contributed by atoms with E-state index in [9.17, 15) is 13.2 Å². The van der Waals surface area contributed by atoms with E-state index >= 15 is 0 Å². The Morgan fingerprint density at radius 3 is 2.42 bits per heavy atom. The Kier molecular flexibility index (Phi) is 6.03. The van der Waals surface area contributed by atoms with Gasteiger partial charge < -0.3 is 10.6 Å². The fourth-order valence-electron chi connectivity index (χ4n) is 4.84. The second kappa shape index (κ2) is 8.45. The fraction of sp³-hybridized carbons (Fsp3) is 0.435. The van der Waals surface area contributed by atoms with Gasteiger partial charge in [0.25, 0.3) is 0 Å². The number of hydrogen-bond donors (Lipinski definition) is 1. The van der Waals surface area contributed by atoms with Gasteiger partial charge in [0.1, 0.15) is 0 Å². The summed E-state index contributed by atoms with van der Waals surface area (Å²) in [4.78, 5) is 14.7. The van der Waals surface area contributed by atoms with Crippen molar-refractivity contribution in [2.75, 3.05) is 30.2 Å². The Labute approximate surface area is 189 Å². The van der Waals surface area contributed by atoms with Gasteiger partial charge in [0, 0.05) is 42.5 Å². The molecule has 6 nitrogen and oxygen atoms in total. The maximum absolute atomic E-state index is 12.8. The molecule has 31 heavy (non-hydrogen) atoms. The van der Waals surface area contributed by atoms with Crippen LogP contribution in [0.25, 0.3) is 0 Å². The highest BCUT2D eigenvalue weighted by molar-refractivity contribution is 7.92. The van der Waals surface area contributed by atoms with E-state index in [2.05, 4.69) is 0 Å². The van der Waals surface area contributed by atoms with Crippen LogP contribution in [0.4, 0.5) is 5.69 Å². The number of rotatable bonds is 5. The van der Waals surface area contributed by atoms with Crippen molar-refractivity contribution in [2.45, 2.75) is 37.1 Å². The highest BCUT2D eigenvalue weighted by Crippen LogP contribution is 2.47. The molecule has 1 spiro atoms. The van der Waals surface area contributed by atoms with Crippen LogP contribution in [0.1, 0.15) is 30.4 Å². The molecule has 1 atom stereocenters. The van der Waals surface area contributed by atoms with Gasteiger partial charge in [-0.3, -0.25) is 9.10 Å². The minimum absolute atomic E-state index is 0.0579. The molecule has 2 aromatic rings. The molecular formula is C23H28ClN3O3S. The van der Waals surface area contributed by atoms with Gasteiger partial charge in [-0.05, 0) is 48.6 Å². The monoisotopic (exact) mass is 461 g/mol. The summed E-state index contributed by atoms with van der Waals surface area (Å²) in [5, 5.41) is 0.679. The molecule has 0 unspecified atom stereocenters. The van der Waals surface area contributed by atoms with Crippen LogP contribution < -0.4 is 10.0 Å². The molecule has 0 radical (unpaired) electrons. The molecule has 2 aliphatic rings. The summed E-state index contributed by atoms with van der Waals surface area (Å²) >= 11 is 5.92. The van der Waals surface area contributed by atoms with Crippen molar-refractivity contribution in [1.82, 2.24) is 4.90 Å². The van der Waals surface area contributed by atoms with Gasteiger partial charge in [0.15, 0.2) is 0 Å². The average molecular weight is 462 g/mol. The zero-order chi connectivity index (χ0) is 22.2. The zero-order valence-corrected chi connectivity index (χ0v) is 19.2. The Morgan fingerprint density at radius 2 is 1.77 bits per heavy atom. The molecule has 8 heteroatoms. The van der Waals surface area contributed by atoms with Crippen LogP contribution in [0, 0.1) is 0 Å². The maximum Gasteiger partial charge on any atom is 0.232 e. The average Bonchev–Trinajstić information content (AvgIpc) is 3.05. The number of nitrogens with zero attached hydrogens (tertiary/aromatic N) is 2. The lowest BCUT2D eigenvalue weighted by Gasteiger charge is -2.40. The highest BCUT2D eigenvalue weighted by Gasteiger charge is 2.47. The minimum atomic E-state index is -3.34. The van der Waals surface area contributed by atoms with Crippen molar-refractivity contribution in [3.63, 3.8) is 0 Å². The lowest BCUT2D eigenvalue weighted by atomic mass is 9.74. The topological polar surface area (TPSA) is 83.7 Å². The number of piperidine rings is 1. The van der Waals surface area contributed by atoms with E-state index in [4.69, 9.17) is 17.3 Å². The summed E-state index contributed by atoms with van der Waals surface area (Å²) in [5.41, 5.74) is 8.92. The number of nitrogens with two attached hydrogens (primary N) is 1. The number of benzene rings is 2. The Hall–Kier alpha value is -2.09. The first-order valence-electron chi connectivity index (χ1n) is 10.5. The largest absolute Gasteiger partial charge is 0.343 e. The Balaban J connectivity index is 1.39. The molecule has 1 saturated heterocycles. The van der Waals surface area contributed by atoms with E-state index in [0.717, 1.165) is 29.7 Å². The highest BCUT2D eigenvalue weighted by atomic mass is 35.5. The molecule has 0 aromatic heterocycles. The number of hydrogen-bond acceptors (Lipinski definition) is 4. The lowest BCUT2D eigenvalue weighted by Crippen LogP contribution is -2.48. The second-order valence-electron chi connectivity index (χ2n) is 8.74. The van der Waals surface area contributed by atoms with Crippen LogP contribution in [0.15, 0.2) is 48.5 Å². The van der Waals surface area contributed by atoms with E-state index in [1.165, 1.54) is 10.6 Å². The fourth-order valence-corrected chi connectivity index (χ4v) is 5.97. The molecule has 1 fully saturated rings. The van der Waals surface area contributed by atoms with Crippen LogP contribution in [-0.2, 0) is 26.7 Å². The summed E-state index contributed by atoms with van der Waals surface area (Å²) in [7, 11) is -3.34. The molecule has 0 saturated carbocycles. The van der Waals surface area contributed by atoms with Crippen molar-refractivity contribution < 1.29 is 13.2 Å². The number of sulfonamides is 1. The molecule has 2 N–H and O–H groups in total. The van der Waals surface area contributed by atoms with E-state index in [-0.39, 0.29) is 17.4 Å². The molecule has 1 amide bonds. The van der Waals surface area contributed by atoms with Gasteiger partial charge in [-0.1, -0.05) is 41.9 Å². The summed E-state index contributed by atoms with van der Waals surface area (Å²) in [6.07, 6.45) is 3.66. The maximum atomic E-state index is 12.8. The predicted molar refractivity (Wildman–Crippen MR) is 124 cm³/mol. The normalized spacial score (nSPS) is 18.8. The standard InChI is InChI=1S/C23H28ClN3O3S/c1-31(29,30)27-16-23(20-4-2-3-5-21(20)27)10-12-26(13-11-23)22(28)15-19(25)14-17-6-8-18(24)9-7-17/h2-9,19H,10-16,25H2,1H3/t19-/m0/s1. The number of halogens is 1. The number of amides is 1. The van der Waals surface area contributed by atoms with E-state index < -0.39 is 10.0 Å². The third-order valence-electron chi connectivity index (χ3n) is 6.51. The van der Waals surface area contributed by atoms with E-state index in [1.807, 2.05) is 53.4 Å². The van der Waals surface area contributed by atoms with E-state index in [0.29, 0.717) is 37.5 Å². The minimum Gasteiger partial charge on any atom is -0.343 e. The third-order valence-corrected chi connectivity index (χ3v) is 7.89. The molecule has 166 valence electrons. The quantitative estimate of drug-likeness (QED) is 0.742. The number of likely N-dealkylation sites (tertiary alicyclic amines) is 1. The van der Waals surface area contributed by atoms with Gasteiger partial charge in [-0.15, -0.1) is 0 Å². The first-order valence-corrected chi connectivity index (χ1v) is 12.8. The van der Waals surface area contributed by atoms with Crippen molar-refractivity contribution >= 4 is 33.2 Å². The van der Waals surface area contributed by atoms with Crippen molar-refractivity contribution in [3.05, 3.63) is 64.7 Å². The molecule has 2 aromatic carbocycles. The predicted octanol–water partition coefficient (Wildman–Crippen LogP) is 2.94. The molecule has 2 aliphatic heterocycles. The van der Waals surface area contributed by atoms with Gasteiger partial charge in [-0.2, -0.15) is 0 Å². The summed E-state index contributed by atoms with van der Waals surface area (Å²) in [5.74, 6) is 0.0579. The molecular weight excluding hydrogens is 434 g/mol. The summed E-state index contributed by atoms with van der Waals surface area (Å²) in [6, 6.07) is 15.0. The van der Waals surface area contributed by atoms with Crippen molar-refractivity contribution in [2.24, 2.45) is 5.73 Å². The van der Waals surface area contributed by atoms with Crippen LogP contribution >= 0.6 is 11.6 Å². The number of anilines is 1. The first-order chi connectivity index (χ1) is 14.7. The second-order valence-corrected chi connectivity index (χ2v) is 11.1. The van der Waals surface area contributed by atoms with Gasteiger partial charge in [0.05, 0.1) is 11.9 Å². The van der Waals surface area contributed by atoms with Crippen LogP contribution in [0.2, 0.25) is 5.02 Å². The number of carbonyl (C=O) groups is 1. The summed E-state index contributed by atoms with van der Waals surface area (Å²) < 4.78 is 26.2. The molecule has 4 rings (SSSR count). The molecule has 0 bridgehead atoms. The smallest absolute Gasteiger partial charge is 0.232 e. The van der Waals surface area contributed by atoms with Gasteiger partial charge in [-0.25, -0.2) is 8.42 Å². The van der Waals surface area contributed by atoms with Gasteiger partial charge in [0.2, 0.25) is 15.9 Å². The van der Waals surface area contributed by atoms with Crippen molar-refractivity contribution in [3.8, 4) is 0 Å². The number of para-hydroxylation sites is 1. The van der Waals surface area contributed by atoms with Gasteiger partial charge >= 0.3 is 0 Å². The van der Waals surface area contributed by atoms with Crippen LogP contribution in [-0.4, -0.2) is 51.2 Å². The summed E-state index contributed by atoms with van der Waals surface area (Å²) in [6.45, 7) is 1.67. The Morgan fingerprint density at radius 1 is 1.13 bits per heavy atom. The molecule has 0 aliphatic carbocycles. The molecule has 2 heterocycles. The van der Waals surface area contributed by atoms with Crippen LogP contribution in [0.3, 0.4) is 0 Å².